The van der Waals surface area contributed by atoms with E-state index in [1.807, 2.05) is 20.8 Å². The van der Waals surface area contributed by atoms with Gasteiger partial charge in [0.25, 0.3) is 0 Å². The van der Waals surface area contributed by atoms with E-state index in [1.165, 1.54) is 24.3 Å². The third kappa shape index (κ3) is 7.38. The minimum atomic E-state index is -4.61. The molecule has 2 aromatic heterocycles. The Morgan fingerprint density at radius 2 is 1.61 bits per heavy atom. The molecule has 3 aromatic rings. The maximum absolute atomic E-state index is 13.0. The molecule has 0 aliphatic rings. The fourth-order valence-corrected chi connectivity index (χ4v) is 3.18. The van der Waals surface area contributed by atoms with Gasteiger partial charge >= 0.3 is 6.18 Å². The molecule has 0 saturated carbocycles. The van der Waals surface area contributed by atoms with E-state index in [-0.39, 0.29) is 28.3 Å². The Kier molecular flexibility index (Phi) is 8.69. The number of sulfone groups is 1. The van der Waals surface area contributed by atoms with Gasteiger partial charge in [-0.1, -0.05) is 32.9 Å². The van der Waals surface area contributed by atoms with Gasteiger partial charge in [0.15, 0.2) is 15.7 Å². The molecular weight excluding hydrogens is 457 g/mol. The van der Waals surface area contributed by atoms with Crippen LogP contribution in [0.1, 0.15) is 32.9 Å². The van der Waals surface area contributed by atoms with Gasteiger partial charge in [0, 0.05) is 18.5 Å². The maximum atomic E-state index is 13.0. The first-order valence-corrected chi connectivity index (χ1v) is 12.1. The second kappa shape index (κ2) is 11.0. The van der Waals surface area contributed by atoms with Crippen LogP contribution in [0.3, 0.4) is 0 Å². The molecule has 0 unspecified atom stereocenters. The van der Waals surface area contributed by atoms with Gasteiger partial charge in [0.2, 0.25) is 11.9 Å². The van der Waals surface area contributed by atoms with Crippen molar-refractivity contribution < 1.29 is 21.6 Å². The number of pyridine rings is 1. The summed E-state index contributed by atoms with van der Waals surface area (Å²) in [5.41, 5.74) is -0.757. The monoisotopic (exact) mass is 482 g/mol. The van der Waals surface area contributed by atoms with Crippen LogP contribution in [-0.2, 0) is 16.0 Å². The van der Waals surface area contributed by atoms with Gasteiger partial charge in [-0.3, -0.25) is 0 Å². The van der Waals surface area contributed by atoms with Crippen molar-refractivity contribution in [2.24, 2.45) is 0 Å². The summed E-state index contributed by atoms with van der Waals surface area (Å²) < 4.78 is 62.7. The maximum Gasteiger partial charge on any atom is 0.433 e. The molecule has 0 bridgehead atoms. The number of nitrogens with zero attached hydrogens (tertiary/aromatic N) is 4. The van der Waals surface area contributed by atoms with Crippen LogP contribution in [0.15, 0.2) is 47.4 Å². The number of hydrogen-bond acceptors (Lipinski definition) is 8. The standard InChI is InChI=1S/C19H19F3N6O2S.C2H6/c1-3-10-23-17-26-16(14-8-5-9-15(25-14)19(20,21)22)27-18(28-17)24-12-6-4-7-13(11-12)31(2,29)30;1-2/h4-9,11H,3,10H2,1-2H3,(H2,23,24,26,27,28);1-2H3. The Bertz CT molecular complexity index is 1190. The van der Waals surface area contributed by atoms with E-state index < -0.39 is 21.7 Å². The van der Waals surface area contributed by atoms with Gasteiger partial charge in [-0.2, -0.15) is 28.1 Å². The minimum absolute atomic E-state index is 0.0217. The van der Waals surface area contributed by atoms with Crippen LogP contribution >= 0.6 is 0 Å². The highest BCUT2D eigenvalue weighted by Gasteiger charge is 2.32. The smallest absolute Gasteiger partial charge is 0.354 e. The third-order valence-corrected chi connectivity index (χ3v) is 5.07. The summed E-state index contributed by atoms with van der Waals surface area (Å²) in [5.74, 6) is 0.0998. The molecule has 3 rings (SSSR count). The quantitative estimate of drug-likeness (QED) is 0.487. The summed E-state index contributed by atoms with van der Waals surface area (Å²) in [7, 11) is -3.43. The Hall–Kier alpha value is -3.28. The number of halogens is 3. The Balaban J connectivity index is 0.00000187. The molecule has 178 valence electrons. The fraction of sp³-hybridized carbons (Fsp3) is 0.333. The van der Waals surface area contributed by atoms with E-state index >= 15 is 0 Å². The van der Waals surface area contributed by atoms with Gasteiger partial charge in [0.05, 0.1) is 4.90 Å². The van der Waals surface area contributed by atoms with Gasteiger partial charge < -0.3 is 10.6 Å². The van der Waals surface area contributed by atoms with Crippen LogP contribution in [-0.4, -0.2) is 41.2 Å². The molecule has 2 N–H and O–H groups in total. The van der Waals surface area contributed by atoms with Crippen molar-refractivity contribution in [1.29, 1.82) is 0 Å². The van der Waals surface area contributed by atoms with Crippen molar-refractivity contribution in [2.45, 2.75) is 38.3 Å². The number of anilines is 3. The van der Waals surface area contributed by atoms with Crippen molar-refractivity contribution in [1.82, 2.24) is 19.9 Å². The van der Waals surface area contributed by atoms with Crippen molar-refractivity contribution in [3.05, 3.63) is 48.2 Å². The lowest BCUT2D eigenvalue weighted by atomic mass is 10.3. The lowest BCUT2D eigenvalue weighted by molar-refractivity contribution is -0.141. The SMILES string of the molecule is CC.CCCNc1nc(Nc2cccc(S(C)(=O)=O)c2)nc(-c2cccc(C(F)(F)F)n2)n1. The van der Waals surface area contributed by atoms with Crippen molar-refractivity contribution in [3.63, 3.8) is 0 Å². The van der Waals surface area contributed by atoms with Crippen LogP contribution in [0.4, 0.5) is 30.8 Å². The van der Waals surface area contributed by atoms with E-state index in [0.29, 0.717) is 12.2 Å². The molecule has 0 fully saturated rings. The number of rotatable bonds is 7. The van der Waals surface area contributed by atoms with E-state index in [2.05, 4.69) is 30.6 Å². The molecule has 0 aliphatic heterocycles. The van der Waals surface area contributed by atoms with E-state index in [1.54, 1.807) is 12.1 Å². The molecule has 0 radical (unpaired) electrons. The highest BCUT2D eigenvalue weighted by atomic mass is 32.2. The minimum Gasteiger partial charge on any atom is -0.354 e. The average Bonchev–Trinajstić information content (AvgIpc) is 2.78. The second-order valence-electron chi connectivity index (χ2n) is 6.56. The zero-order valence-electron chi connectivity index (χ0n) is 18.6. The first kappa shape index (κ1) is 26.0. The molecule has 0 aliphatic carbocycles. The highest BCUT2D eigenvalue weighted by Crippen LogP contribution is 2.29. The van der Waals surface area contributed by atoms with E-state index in [4.69, 9.17) is 0 Å². The number of alkyl halides is 3. The first-order valence-electron chi connectivity index (χ1n) is 10.2. The summed E-state index contributed by atoms with van der Waals surface area (Å²) in [6.07, 6.45) is -2.76. The molecule has 0 saturated heterocycles. The summed E-state index contributed by atoms with van der Waals surface area (Å²) in [4.78, 5) is 16.3. The van der Waals surface area contributed by atoms with Crippen molar-refractivity contribution >= 4 is 27.4 Å². The molecule has 8 nitrogen and oxygen atoms in total. The van der Waals surface area contributed by atoms with Crippen molar-refractivity contribution in [3.8, 4) is 11.5 Å². The van der Waals surface area contributed by atoms with Crippen LogP contribution in [0.25, 0.3) is 11.5 Å². The lowest BCUT2D eigenvalue weighted by Crippen LogP contribution is -2.11. The van der Waals surface area contributed by atoms with Crippen molar-refractivity contribution in [2.75, 3.05) is 23.4 Å². The van der Waals surface area contributed by atoms with Gasteiger partial charge in [-0.05, 0) is 36.8 Å². The Morgan fingerprint density at radius 1 is 0.939 bits per heavy atom. The molecule has 0 spiro atoms. The molecule has 12 heteroatoms. The average molecular weight is 483 g/mol. The molecule has 0 atom stereocenters. The van der Waals surface area contributed by atoms with Gasteiger partial charge in [-0.15, -0.1) is 0 Å². The first-order chi connectivity index (χ1) is 15.6. The molecule has 1 aromatic carbocycles. The highest BCUT2D eigenvalue weighted by molar-refractivity contribution is 7.90. The number of benzene rings is 1. The van der Waals surface area contributed by atoms with Crippen LogP contribution in [0.2, 0.25) is 0 Å². The number of aromatic nitrogens is 4. The van der Waals surface area contributed by atoms with Gasteiger partial charge in [-0.25, -0.2) is 13.4 Å². The van der Waals surface area contributed by atoms with Crippen LogP contribution in [0.5, 0.6) is 0 Å². The molecule has 2 heterocycles. The summed E-state index contributed by atoms with van der Waals surface area (Å²) in [6, 6.07) is 9.45. The zero-order chi connectivity index (χ0) is 24.6. The van der Waals surface area contributed by atoms with Crippen LogP contribution in [0, 0.1) is 0 Å². The topological polar surface area (TPSA) is 110 Å². The summed E-state index contributed by atoms with van der Waals surface area (Å²) in [6.45, 7) is 6.46. The second-order valence-corrected chi connectivity index (χ2v) is 8.58. The Labute approximate surface area is 190 Å². The molecule has 33 heavy (non-hydrogen) atoms. The van der Waals surface area contributed by atoms with Gasteiger partial charge in [0.1, 0.15) is 11.4 Å². The molecule has 0 amide bonds. The number of hydrogen-bond donors (Lipinski definition) is 2. The summed E-state index contributed by atoms with van der Waals surface area (Å²) >= 11 is 0. The summed E-state index contributed by atoms with van der Waals surface area (Å²) in [5, 5.41) is 5.83. The third-order valence-electron chi connectivity index (χ3n) is 3.96. The van der Waals surface area contributed by atoms with E-state index in [9.17, 15) is 21.6 Å². The molecular formula is C21H25F3N6O2S. The van der Waals surface area contributed by atoms with E-state index in [0.717, 1.165) is 18.7 Å². The predicted molar refractivity (Wildman–Crippen MR) is 121 cm³/mol. The Morgan fingerprint density at radius 3 is 2.24 bits per heavy atom. The zero-order valence-corrected chi connectivity index (χ0v) is 19.4. The number of nitrogens with one attached hydrogen (secondary N) is 2. The van der Waals surface area contributed by atoms with Crippen LogP contribution < -0.4 is 10.6 Å². The predicted octanol–water partition coefficient (Wildman–Crippen LogP) is 4.95. The lowest BCUT2D eigenvalue weighted by Gasteiger charge is -2.11. The fourth-order valence-electron chi connectivity index (χ4n) is 2.51. The largest absolute Gasteiger partial charge is 0.433 e. The normalized spacial score (nSPS) is 11.4.